The zero-order chi connectivity index (χ0) is 22.5. The van der Waals surface area contributed by atoms with Gasteiger partial charge < -0.3 is 9.47 Å². The molecule has 0 aliphatic heterocycles. The smallest absolute Gasteiger partial charge is 0.423 e. The van der Waals surface area contributed by atoms with Crippen molar-refractivity contribution >= 4 is 0 Å². The lowest BCUT2D eigenvalue weighted by atomic mass is 9.92. The van der Waals surface area contributed by atoms with E-state index >= 15 is 0 Å². The number of rotatable bonds is 9. The molecule has 0 bridgehead atoms. The van der Waals surface area contributed by atoms with Gasteiger partial charge in [-0.3, -0.25) is 0 Å². The molecule has 1 fully saturated rings. The molecule has 0 saturated heterocycles. The van der Waals surface area contributed by atoms with Crippen LogP contribution in [0, 0.1) is 11.8 Å². The van der Waals surface area contributed by atoms with Gasteiger partial charge >= 0.3 is 12.4 Å². The van der Waals surface area contributed by atoms with Gasteiger partial charge in [0.05, 0.1) is 0 Å². The molecule has 1 aliphatic carbocycles. The number of alkyl halides is 6. The molecule has 0 heterocycles. The highest BCUT2D eigenvalue weighted by molar-refractivity contribution is 5.29. The van der Waals surface area contributed by atoms with Crippen molar-refractivity contribution in [3.63, 3.8) is 0 Å². The van der Waals surface area contributed by atoms with Gasteiger partial charge in [-0.1, -0.05) is 58.6 Å². The third kappa shape index (κ3) is 7.67. The molecular weight excluding hydrogens is 410 g/mol. The van der Waals surface area contributed by atoms with E-state index in [0.29, 0.717) is 5.92 Å². The van der Waals surface area contributed by atoms with Crippen molar-refractivity contribution in [2.75, 3.05) is 0 Å². The summed E-state index contributed by atoms with van der Waals surface area (Å²) in [6.45, 7) is 6.28. The van der Waals surface area contributed by atoms with Crippen LogP contribution in [0.25, 0.3) is 0 Å². The minimum atomic E-state index is -5.56. The largest absolute Gasteiger partial charge is 0.465 e. The lowest BCUT2D eigenvalue weighted by Gasteiger charge is -2.29. The number of hydrogen-bond acceptors (Lipinski definition) is 2. The summed E-state index contributed by atoms with van der Waals surface area (Å²) in [5.41, 5.74) is 1.03. The fourth-order valence-corrected chi connectivity index (χ4v) is 4.01. The van der Waals surface area contributed by atoms with Crippen LogP contribution < -0.4 is 4.74 Å². The summed E-state index contributed by atoms with van der Waals surface area (Å²) in [6.07, 6.45) is -12.4. The van der Waals surface area contributed by atoms with E-state index in [1.165, 1.54) is 0 Å². The van der Waals surface area contributed by atoms with Crippen LogP contribution in [0.3, 0.4) is 0 Å². The van der Waals surface area contributed by atoms with E-state index in [9.17, 15) is 26.3 Å². The highest BCUT2D eigenvalue weighted by atomic mass is 19.4. The van der Waals surface area contributed by atoms with Crippen LogP contribution in [-0.4, -0.2) is 24.7 Å². The van der Waals surface area contributed by atoms with E-state index < -0.39 is 24.7 Å². The van der Waals surface area contributed by atoms with Crippen molar-refractivity contribution in [3.8, 4) is 5.75 Å². The van der Waals surface area contributed by atoms with Gasteiger partial charge in [-0.15, -0.1) is 0 Å². The third-order valence-corrected chi connectivity index (χ3v) is 5.42. The molecule has 0 N–H and O–H groups in total. The first-order valence-corrected chi connectivity index (χ1v) is 10.4. The number of halogens is 6. The molecule has 2 unspecified atom stereocenters. The molecule has 172 valence electrons. The van der Waals surface area contributed by atoms with Crippen LogP contribution >= 0.6 is 0 Å². The van der Waals surface area contributed by atoms with Crippen LogP contribution in [0.2, 0.25) is 0 Å². The molecule has 0 amide bonds. The van der Waals surface area contributed by atoms with Gasteiger partial charge in [-0.2, -0.15) is 26.3 Å². The second-order valence-electron chi connectivity index (χ2n) is 8.63. The highest BCUT2D eigenvalue weighted by Crippen LogP contribution is 2.38. The quantitative estimate of drug-likeness (QED) is 0.290. The summed E-state index contributed by atoms with van der Waals surface area (Å²) in [7, 11) is 0. The van der Waals surface area contributed by atoms with Gasteiger partial charge in [0.1, 0.15) is 5.75 Å². The van der Waals surface area contributed by atoms with Crippen LogP contribution in [-0.2, 0) is 4.74 Å². The molecule has 2 rings (SSSR count). The van der Waals surface area contributed by atoms with Crippen LogP contribution in [0.4, 0.5) is 26.3 Å². The topological polar surface area (TPSA) is 18.5 Å². The summed E-state index contributed by atoms with van der Waals surface area (Å²) in [5.74, 6) is 0.968. The Hall–Kier alpha value is -1.44. The van der Waals surface area contributed by atoms with Crippen molar-refractivity contribution in [1.82, 2.24) is 0 Å². The van der Waals surface area contributed by atoms with E-state index in [1.54, 1.807) is 24.3 Å². The summed E-state index contributed by atoms with van der Waals surface area (Å²) in [6, 6.07) is 6.74. The van der Waals surface area contributed by atoms with Gasteiger partial charge in [0.15, 0.2) is 0 Å². The number of hydrogen-bond donors (Lipinski definition) is 0. The van der Waals surface area contributed by atoms with Crippen molar-refractivity contribution in [2.24, 2.45) is 11.8 Å². The number of benzene rings is 1. The summed E-state index contributed by atoms with van der Waals surface area (Å²) in [4.78, 5) is 0. The second kappa shape index (κ2) is 10.2. The molecule has 1 saturated carbocycles. The van der Waals surface area contributed by atoms with Gasteiger partial charge in [-0.05, 0) is 41.9 Å². The van der Waals surface area contributed by atoms with E-state index in [2.05, 4.69) is 25.5 Å². The zero-order valence-electron chi connectivity index (χ0n) is 17.5. The first-order valence-electron chi connectivity index (χ1n) is 10.4. The van der Waals surface area contributed by atoms with Crippen LogP contribution in [0.5, 0.6) is 5.75 Å². The molecule has 1 aromatic carbocycles. The van der Waals surface area contributed by atoms with Gasteiger partial charge in [-0.25, -0.2) is 0 Å². The molecule has 1 aromatic rings. The first-order chi connectivity index (χ1) is 13.9. The Morgan fingerprint density at radius 3 is 1.90 bits per heavy atom. The van der Waals surface area contributed by atoms with E-state index in [0.717, 1.165) is 37.7 Å². The Labute approximate surface area is 173 Å². The lowest BCUT2D eigenvalue weighted by molar-refractivity contribution is -0.346. The van der Waals surface area contributed by atoms with Gasteiger partial charge in [0.25, 0.3) is 6.10 Å². The van der Waals surface area contributed by atoms with Crippen molar-refractivity contribution in [2.45, 2.75) is 90.0 Å². The normalized spacial score (nSPS) is 18.2. The maximum Gasteiger partial charge on any atom is 0.423 e. The Kier molecular flexibility index (Phi) is 8.48. The van der Waals surface area contributed by atoms with Gasteiger partial charge in [0.2, 0.25) is 6.29 Å². The maximum atomic E-state index is 13.0. The summed E-state index contributed by atoms with van der Waals surface area (Å²) in [5, 5.41) is 0. The van der Waals surface area contributed by atoms with E-state index in [4.69, 9.17) is 4.74 Å². The molecule has 2 nitrogen and oxygen atoms in total. The fourth-order valence-electron chi connectivity index (χ4n) is 4.01. The molecular formula is C22H30F6O2. The predicted octanol–water partition coefficient (Wildman–Crippen LogP) is 7.63. The SMILES string of the molecule is CC(C)CC(C)c1ccc(OC(CC2CCCC2)OC(C(F)(F)F)C(F)(F)F)cc1. The van der Waals surface area contributed by atoms with Crippen molar-refractivity contribution < 1.29 is 35.8 Å². The average molecular weight is 440 g/mol. The standard InChI is InChI=1S/C22H30F6O2/c1-14(2)12-15(3)17-8-10-18(11-9-17)29-19(13-16-6-4-5-7-16)30-20(21(23,24)25)22(26,27)28/h8-11,14-16,19-20H,4-7,12-13H2,1-3H3. The third-order valence-electron chi connectivity index (χ3n) is 5.42. The van der Waals surface area contributed by atoms with E-state index in [-0.39, 0.29) is 24.0 Å². The summed E-state index contributed by atoms with van der Waals surface area (Å²) >= 11 is 0. The summed E-state index contributed by atoms with van der Waals surface area (Å²) < 4.78 is 87.8. The highest BCUT2D eigenvalue weighted by Gasteiger charge is 2.59. The Bertz CT molecular complexity index is 619. The Morgan fingerprint density at radius 1 is 0.900 bits per heavy atom. The molecule has 0 aromatic heterocycles. The molecule has 1 aliphatic rings. The maximum absolute atomic E-state index is 13.0. The molecule has 8 heteroatoms. The number of ether oxygens (including phenoxy) is 2. The van der Waals surface area contributed by atoms with Crippen molar-refractivity contribution in [1.29, 1.82) is 0 Å². The Balaban J connectivity index is 2.14. The van der Waals surface area contributed by atoms with Gasteiger partial charge in [0, 0.05) is 6.42 Å². The Morgan fingerprint density at radius 2 is 1.43 bits per heavy atom. The minimum Gasteiger partial charge on any atom is -0.465 e. The monoisotopic (exact) mass is 440 g/mol. The average Bonchev–Trinajstić information content (AvgIpc) is 3.10. The predicted molar refractivity (Wildman–Crippen MR) is 102 cm³/mol. The molecule has 30 heavy (non-hydrogen) atoms. The molecule has 2 atom stereocenters. The van der Waals surface area contributed by atoms with Crippen molar-refractivity contribution in [3.05, 3.63) is 29.8 Å². The second-order valence-corrected chi connectivity index (χ2v) is 8.63. The lowest BCUT2D eigenvalue weighted by Crippen LogP contribution is -2.47. The minimum absolute atomic E-state index is 0.00579. The molecule has 0 spiro atoms. The van der Waals surface area contributed by atoms with E-state index in [1.807, 2.05) is 0 Å². The zero-order valence-corrected chi connectivity index (χ0v) is 17.5. The van der Waals surface area contributed by atoms with Crippen LogP contribution in [0.1, 0.15) is 70.8 Å². The molecule has 0 radical (unpaired) electrons. The van der Waals surface area contributed by atoms with Crippen LogP contribution in [0.15, 0.2) is 24.3 Å². The fraction of sp³-hybridized carbons (Fsp3) is 0.727. The first kappa shape index (κ1) is 24.8.